The molecule has 0 bridgehead atoms. The van der Waals surface area contributed by atoms with Crippen molar-refractivity contribution in [3.63, 3.8) is 0 Å². The van der Waals surface area contributed by atoms with Crippen molar-refractivity contribution in [1.29, 1.82) is 0 Å². The molecule has 0 aliphatic carbocycles. The Morgan fingerprint density at radius 3 is 2.50 bits per heavy atom. The minimum atomic E-state index is -0.952. The molecule has 0 fully saturated rings. The SMILES string of the molecule is Cc1ccc(-c2cc(C(=O)O)cc(-c3ncsc3C(C)C)c2)nc1. The van der Waals surface area contributed by atoms with Gasteiger partial charge in [0, 0.05) is 22.2 Å². The number of aromatic carboxylic acids is 1. The fourth-order valence-corrected chi connectivity index (χ4v) is 3.38. The Balaban J connectivity index is 2.18. The Hall–Kier alpha value is -2.53. The number of carbonyl (C=O) groups is 1. The monoisotopic (exact) mass is 338 g/mol. The molecule has 0 aliphatic rings. The summed E-state index contributed by atoms with van der Waals surface area (Å²) in [5, 5.41) is 9.46. The zero-order valence-corrected chi connectivity index (χ0v) is 14.6. The molecule has 0 amide bonds. The number of rotatable bonds is 4. The van der Waals surface area contributed by atoms with Gasteiger partial charge in [-0.05, 0) is 42.7 Å². The lowest BCUT2D eigenvalue weighted by molar-refractivity contribution is 0.0697. The Kier molecular flexibility index (Phi) is 4.44. The zero-order chi connectivity index (χ0) is 17.3. The van der Waals surface area contributed by atoms with Crippen molar-refractivity contribution in [2.75, 3.05) is 0 Å². The van der Waals surface area contributed by atoms with Gasteiger partial charge in [-0.1, -0.05) is 19.9 Å². The molecule has 24 heavy (non-hydrogen) atoms. The fourth-order valence-electron chi connectivity index (χ4n) is 2.56. The molecule has 0 unspecified atom stereocenters. The number of pyridine rings is 1. The first-order valence-electron chi connectivity index (χ1n) is 7.71. The van der Waals surface area contributed by atoms with Gasteiger partial charge in [-0.15, -0.1) is 11.3 Å². The van der Waals surface area contributed by atoms with Crippen LogP contribution in [0, 0.1) is 6.92 Å². The van der Waals surface area contributed by atoms with Crippen molar-refractivity contribution < 1.29 is 9.90 Å². The lowest BCUT2D eigenvalue weighted by Crippen LogP contribution is -1.99. The molecule has 3 aromatic rings. The van der Waals surface area contributed by atoms with E-state index in [0.717, 1.165) is 33.0 Å². The van der Waals surface area contributed by atoms with Crippen molar-refractivity contribution in [3.8, 4) is 22.5 Å². The highest BCUT2D eigenvalue weighted by molar-refractivity contribution is 7.10. The number of thiazole rings is 1. The summed E-state index contributed by atoms with van der Waals surface area (Å²) in [5.74, 6) is -0.617. The van der Waals surface area contributed by atoms with E-state index in [-0.39, 0.29) is 5.56 Å². The van der Waals surface area contributed by atoms with Crippen LogP contribution in [0.5, 0.6) is 0 Å². The normalized spacial score (nSPS) is 11.0. The first kappa shape index (κ1) is 16.3. The van der Waals surface area contributed by atoms with Crippen LogP contribution in [0.3, 0.4) is 0 Å². The smallest absolute Gasteiger partial charge is 0.335 e. The van der Waals surface area contributed by atoms with Gasteiger partial charge in [0.25, 0.3) is 0 Å². The summed E-state index contributed by atoms with van der Waals surface area (Å²) in [6, 6.07) is 9.18. The van der Waals surface area contributed by atoms with Gasteiger partial charge < -0.3 is 5.11 Å². The van der Waals surface area contributed by atoms with Crippen LogP contribution in [-0.4, -0.2) is 21.0 Å². The third-order valence-corrected chi connectivity index (χ3v) is 4.91. The van der Waals surface area contributed by atoms with Gasteiger partial charge in [-0.2, -0.15) is 0 Å². The summed E-state index contributed by atoms with van der Waals surface area (Å²) in [4.78, 5) is 21.6. The highest BCUT2D eigenvalue weighted by Crippen LogP contribution is 2.34. The maximum absolute atomic E-state index is 11.5. The molecule has 0 spiro atoms. The number of carboxylic acids is 1. The molecule has 5 heteroatoms. The third kappa shape index (κ3) is 3.21. The Bertz CT molecular complexity index is 883. The molecular formula is C19H18N2O2S. The van der Waals surface area contributed by atoms with Crippen LogP contribution in [-0.2, 0) is 0 Å². The van der Waals surface area contributed by atoms with Gasteiger partial charge in [0.05, 0.1) is 22.5 Å². The topological polar surface area (TPSA) is 63.1 Å². The molecule has 0 aliphatic heterocycles. The number of carboxylic acid groups (broad SMARTS) is 1. The molecule has 122 valence electrons. The van der Waals surface area contributed by atoms with E-state index >= 15 is 0 Å². The molecule has 0 radical (unpaired) electrons. The Morgan fingerprint density at radius 1 is 1.12 bits per heavy atom. The first-order valence-corrected chi connectivity index (χ1v) is 8.59. The second kappa shape index (κ2) is 6.53. The summed E-state index contributed by atoms with van der Waals surface area (Å²) in [6.07, 6.45) is 1.78. The van der Waals surface area contributed by atoms with E-state index in [2.05, 4.69) is 23.8 Å². The van der Waals surface area contributed by atoms with Crippen molar-refractivity contribution in [2.45, 2.75) is 26.7 Å². The van der Waals surface area contributed by atoms with Gasteiger partial charge in [0.2, 0.25) is 0 Å². The largest absolute Gasteiger partial charge is 0.478 e. The van der Waals surface area contributed by atoms with Gasteiger partial charge >= 0.3 is 5.97 Å². The zero-order valence-electron chi connectivity index (χ0n) is 13.8. The van der Waals surface area contributed by atoms with Crippen LogP contribution in [0.1, 0.15) is 40.6 Å². The molecule has 2 heterocycles. The van der Waals surface area contributed by atoms with Gasteiger partial charge in [-0.3, -0.25) is 4.98 Å². The predicted octanol–water partition coefficient (Wildman–Crippen LogP) is 5.00. The standard InChI is InChI=1S/C19H18N2O2S/c1-11(2)18-17(21-10-24-18)14-6-13(7-15(8-14)19(22)23)16-5-4-12(3)9-20-16/h4-11H,1-3H3,(H,22,23). The van der Waals surface area contributed by atoms with E-state index in [1.54, 1.807) is 29.7 Å². The number of nitrogens with zero attached hydrogens (tertiary/aromatic N) is 2. The number of aryl methyl sites for hydroxylation is 1. The number of aromatic nitrogens is 2. The maximum atomic E-state index is 11.5. The minimum Gasteiger partial charge on any atom is -0.478 e. The van der Waals surface area contributed by atoms with Crippen LogP contribution in [0.25, 0.3) is 22.5 Å². The maximum Gasteiger partial charge on any atom is 0.335 e. The Labute approximate surface area is 144 Å². The summed E-state index contributed by atoms with van der Waals surface area (Å²) < 4.78 is 0. The Morgan fingerprint density at radius 2 is 1.88 bits per heavy atom. The lowest BCUT2D eigenvalue weighted by atomic mass is 9.98. The minimum absolute atomic E-state index is 0.243. The number of hydrogen-bond acceptors (Lipinski definition) is 4. The second-order valence-corrected chi connectivity index (χ2v) is 6.93. The summed E-state index contributed by atoms with van der Waals surface area (Å²) in [5.41, 5.74) is 6.33. The van der Waals surface area contributed by atoms with Crippen molar-refractivity contribution >= 4 is 17.3 Å². The quantitative estimate of drug-likeness (QED) is 0.727. The van der Waals surface area contributed by atoms with Crippen LogP contribution < -0.4 is 0 Å². The molecule has 1 N–H and O–H groups in total. The number of benzene rings is 1. The van der Waals surface area contributed by atoms with E-state index in [1.165, 1.54) is 0 Å². The lowest BCUT2D eigenvalue weighted by Gasteiger charge is -2.10. The number of hydrogen-bond donors (Lipinski definition) is 1. The van der Waals surface area contributed by atoms with Crippen molar-refractivity contribution in [2.24, 2.45) is 0 Å². The molecule has 0 saturated heterocycles. The molecule has 0 atom stereocenters. The van der Waals surface area contributed by atoms with Crippen LogP contribution in [0.4, 0.5) is 0 Å². The van der Waals surface area contributed by atoms with Crippen LogP contribution in [0.15, 0.2) is 42.0 Å². The molecule has 0 saturated carbocycles. The van der Waals surface area contributed by atoms with Gasteiger partial charge in [-0.25, -0.2) is 9.78 Å². The van der Waals surface area contributed by atoms with E-state index in [0.29, 0.717) is 5.92 Å². The summed E-state index contributed by atoms with van der Waals surface area (Å²) >= 11 is 1.60. The van der Waals surface area contributed by atoms with E-state index in [4.69, 9.17) is 0 Å². The third-order valence-electron chi connectivity index (χ3n) is 3.78. The fraction of sp³-hybridized carbons (Fsp3) is 0.211. The highest BCUT2D eigenvalue weighted by Gasteiger charge is 2.16. The molecule has 1 aromatic carbocycles. The van der Waals surface area contributed by atoms with Gasteiger partial charge in [0.15, 0.2) is 0 Å². The second-order valence-electron chi connectivity index (χ2n) is 6.04. The highest BCUT2D eigenvalue weighted by atomic mass is 32.1. The van der Waals surface area contributed by atoms with E-state index in [1.807, 2.05) is 30.6 Å². The van der Waals surface area contributed by atoms with Crippen molar-refractivity contribution in [3.05, 3.63) is 58.0 Å². The molecule has 4 nitrogen and oxygen atoms in total. The van der Waals surface area contributed by atoms with Crippen molar-refractivity contribution in [1.82, 2.24) is 9.97 Å². The summed E-state index contributed by atoms with van der Waals surface area (Å²) in [6.45, 7) is 6.20. The molecular weight excluding hydrogens is 320 g/mol. The predicted molar refractivity (Wildman–Crippen MR) is 96.6 cm³/mol. The average Bonchev–Trinajstić information content (AvgIpc) is 3.05. The molecule has 2 aromatic heterocycles. The summed E-state index contributed by atoms with van der Waals surface area (Å²) in [7, 11) is 0. The van der Waals surface area contributed by atoms with E-state index in [9.17, 15) is 9.90 Å². The van der Waals surface area contributed by atoms with Gasteiger partial charge in [0.1, 0.15) is 0 Å². The average molecular weight is 338 g/mol. The first-order chi connectivity index (χ1) is 11.5. The molecule has 3 rings (SSSR count). The van der Waals surface area contributed by atoms with Crippen LogP contribution >= 0.6 is 11.3 Å². The van der Waals surface area contributed by atoms with Crippen LogP contribution in [0.2, 0.25) is 0 Å². The van der Waals surface area contributed by atoms with E-state index < -0.39 is 5.97 Å².